The number of para-hydroxylation sites is 2. The Kier molecular flexibility index (Phi) is 5.24. The van der Waals surface area contributed by atoms with Crippen LogP contribution in [0.2, 0.25) is 5.02 Å². The molecule has 3 rings (SSSR count). The molecular formula is C19H19ClN2O3. The SMILES string of the molecule is CN(CC(=O)Nc1ccccc1Cl)C(=O)C1COc2ccccc2C1. The molecule has 0 bridgehead atoms. The van der Waals surface area contributed by atoms with Crippen LogP contribution >= 0.6 is 11.6 Å². The van der Waals surface area contributed by atoms with Crippen molar-refractivity contribution in [3.05, 3.63) is 59.1 Å². The summed E-state index contributed by atoms with van der Waals surface area (Å²) >= 11 is 6.03. The van der Waals surface area contributed by atoms with Gasteiger partial charge in [0.1, 0.15) is 12.4 Å². The molecule has 0 aromatic heterocycles. The number of anilines is 1. The number of likely N-dealkylation sites (N-methyl/N-ethyl adjacent to an activating group) is 1. The molecule has 1 unspecified atom stereocenters. The van der Waals surface area contributed by atoms with Crippen molar-refractivity contribution >= 4 is 29.1 Å². The maximum absolute atomic E-state index is 12.6. The number of ether oxygens (including phenoxy) is 1. The average molecular weight is 359 g/mol. The van der Waals surface area contributed by atoms with Gasteiger partial charge in [0.25, 0.3) is 0 Å². The molecule has 1 aliphatic rings. The topological polar surface area (TPSA) is 58.6 Å². The third-order valence-electron chi connectivity index (χ3n) is 4.13. The van der Waals surface area contributed by atoms with E-state index in [9.17, 15) is 9.59 Å². The summed E-state index contributed by atoms with van der Waals surface area (Å²) in [5, 5.41) is 3.18. The van der Waals surface area contributed by atoms with Gasteiger partial charge >= 0.3 is 0 Å². The molecule has 2 amide bonds. The van der Waals surface area contributed by atoms with Gasteiger partial charge in [0.05, 0.1) is 23.2 Å². The number of hydrogen-bond donors (Lipinski definition) is 1. The molecule has 1 aliphatic heterocycles. The van der Waals surface area contributed by atoms with Crippen LogP contribution in [-0.2, 0) is 16.0 Å². The van der Waals surface area contributed by atoms with E-state index in [2.05, 4.69) is 5.32 Å². The standard InChI is InChI=1S/C19H19ClN2O3/c1-22(11-18(23)21-16-8-4-3-7-15(16)20)19(24)14-10-13-6-2-5-9-17(13)25-12-14/h2-9,14H,10-12H2,1H3,(H,21,23). The minimum Gasteiger partial charge on any atom is -0.492 e. The summed E-state index contributed by atoms with van der Waals surface area (Å²) in [4.78, 5) is 26.2. The second-order valence-electron chi connectivity index (χ2n) is 6.04. The number of carbonyl (C=O) groups is 2. The lowest BCUT2D eigenvalue weighted by atomic mass is 9.95. The normalized spacial score (nSPS) is 15.7. The van der Waals surface area contributed by atoms with Gasteiger partial charge in [-0.25, -0.2) is 0 Å². The van der Waals surface area contributed by atoms with E-state index < -0.39 is 0 Å². The van der Waals surface area contributed by atoms with Crippen molar-refractivity contribution in [3.63, 3.8) is 0 Å². The second kappa shape index (κ2) is 7.57. The number of amides is 2. The van der Waals surface area contributed by atoms with Gasteiger partial charge in [-0.1, -0.05) is 41.9 Å². The van der Waals surface area contributed by atoms with Crippen LogP contribution in [0.4, 0.5) is 5.69 Å². The van der Waals surface area contributed by atoms with Crippen molar-refractivity contribution in [3.8, 4) is 5.75 Å². The van der Waals surface area contributed by atoms with E-state index in [1.165, 1.54) is 4.90 Å². The molecule has 0 saturated carbocycles. The fraction of sp³-hybridized carbons (Fsp3) is 0.263. The minimum atomic E-state index is -0.291. The Labute approximate surface area is 151 Å². The van der Waals surface area contributed by atoms with Crippen molar-refractivity contribution in [2.45, 2.75) is 6.42 Å². The van der Waals surface area contributed by atoms with E-state index in [1.807, 2.05) is 24.3 Å². The third kappa shape index (κ3) is 4.12. The number of nitrogens with zero attached hydrogens (tertiary/aromatic N) is 1. The van der Waals surface area contributed by atoms with Gasteiger partial charge in [0.15, 0.2) is 0 Å². The molecule has 0 aliphatic carbocycles. The Morgan fingerprint density at radius 3 is 2.72 bits per heavy atom. The summed E-state index contributed by atoms with van der Waals surface area (Å²) in [6.07, 6.45) is 0.617. The Morgan fingerprint density at radius 2 is 1.92 bits per heavy atom. The first-order valence-electron chi connectivity index (χ1n) is 8.04. The quantitative estimate of drug-likeness (QED) is 0.914. The number of rotatable bonds is 4. The highest BCUT2D eigenvalue weighted by Crippen LogP contribution is 2.27. The zero-order valence-corrected chi connectivity index (χ0v) is 14.6. The molecule has 0 fully saturated rings. The van der Waals surface area contributed by atoms with Gasteiger partial charge in [-0.2, -0.15) is 0 Å². The number of hydrogen-bond acceptors (Lipinski definition) is 3. The van der Waals surface area contributed by atoms with Crippen molar-refractivity contribution in [1.82, 2.24) is 4.90 Å². The highest BCUT2D eigenvalue weighted by Gasteiger charge is 2.28. The third-order valence-corrected chi connectivity index (χ3v) is 4.46. The smallest absolute Gasteiger partial charge is 0.244 e. The minimum absolute atomic E-state index is 0.0395. The molecule has 1 atom stereocenters. The first kappa shape index (κ1) is 17.3. The molecule has 130 valence electrons. The molecule has 0 spiro atoms. The van der Waals surface area contributed by atoms with E-state index in [0.717, 1.165) is 11.3 Å². The molecule has 6 heteroatoms. The van der Waals surface area contributed by atoms with Gasteiger partial charge in [0, 0.05) is 7.05 Å². The molecule has 2 aromatic rings. The Hall–Kier alpha value is -2.53. The molecule has 0 saturated heterocycles. The maximum Gasteiger partial charge on any atom is 0.244 e. The second-order valence-corrected chi connectivity index (χ2v) is 6.45. The molecule has 0 radical (unpaired) electrons. The molecule has 2 aromatic carbocycles. The highest BCUT2D eigenvalue weighted by atomic mass is 35.5. The van der Waals surface area contributed by atoms with Crippen LogP contribution in [-0.4, -0.2) is 36.9 Å². The molecule has 5 nitrogen and oxygen atoms in total. The van der Waals surface area contributed by atoms with Gasteiger partial charge in [-0.3, -0.25) is 9.59 Å². The number of carbonyl (C=O) groups excluding carboxylic acids is 2. The van der Waals surface area contributed by atoms with Gasteiger partial charge < -0.3 is 15.0 Å². The Morgan fingerprint density at radius 1 is 1.20 bits per heavy atom. The summed E-state index contributed by atoms with van der Waals surface area (Å²) in [5.41, 5.74) is 1.55. The molecular weight excluding hydrogens is 340 g/mol. The fourth-order valence-electron chi connectivity index (χ4n) is 2.84. The zero-order valence-electron chi connectivity index (χ0n) is 13.9. The van der Waals surface area contributed by atoms with Crippen LogP contribution in [0.15, 0.2) is 48.5 Å². The average Bonchev–Trinajstić information content (AvgIpc) is 2.62. The van der Waals surface area contributed by atoms with Gasteiger partial charge in [-0.05, 0) is 30.2 Å². The summed E-state index contributed by atoms with van der Waals surface area (Å²) in [5.74, 6) is 0.142. The largest absolute Gasteiger partial charge is 0.492 e. The van der Waals surface area contributed by atoms with Crippen LogP contribution in [0.25, 0.3) is 0 Å². The van der Waals surface area contributed by atoms with Gasteiger partial charge in [-0.15, -0.1) is 0 Å². The van der Waals surface area contributed by atoms with Crippen molar-refractivity contribution in [2.75, 3.05) is 25.5 Å². The number of nitrogens with one attached hydrogen (secondary N) is 1. The van der Waals surface area contributed by atoms with E-state index in [-0.39, 0.29) is 24.3 Å². The van der Waals surface area contributed by atoms with Crippen LogP contribution in [0.5, 0.6) is 5.75 Å². The molecule has 25 heavy (non-hydrogen) atoms. The van der Waals surface area contributed by atoms with E-state index in [0.29, 0.717) is 23.7 Å². The van der Waals surface area contributed by atoms with E-state index >= 15 is 0 Å². The zero-order chi connectivity index (χ0) is 17.8. The summed E-state index contributed by atoms with van der Waals surface area (Å²) in [6.45, 7) is 0.286. The summed E-state index contributed by atoms with van der Waals surface area (Å²) in [6, 6.07) is 14.7. The van der Waals surface area contributed by atoms with Crippen LogP contribution in [0.3, 0.4) is 0 Å². The Balaban J connectivity index is 1.58. The van der Waals surface area contributed by atoms with Crippen molar-refractivity contribution in [2.24, 2.45) is 5.92 Å². The van der Waals surface area contributed by atoms with Crippen molar-refractivity contribution < 1.29 is 14.3 Å². The fourth-order valence-corrected chi connectivity index (χ4v) is 3.03. The number of benzene rings is 2. The van der Waals surface area contributed by atoms with Gasteiger partial charge in [0.2, 0.25) is 11.8 Å². The van der Waals surface area contributed by atoms with Crippen LogP contribution in [0.1, 0.15) is 5.56 Å². The number of halogens is 1. The van der Waals surface area contributed by atoms with Crippen molar-refractivity contribution in [1.29, 1.82) is 0 Å². The summed E-state index contributed by atoms with van der Waals surface area (Å²) < 4.78 is 5.66. The van der Waals surface area contributed by atoms with E-state index in [4.69, 9.17) is 16.3 Å². The van der Waals surface area contributed by atoms with E-state index in [1.54, 1.807) is 31.3 Å². The molecule has 1 N–H and O–H groups in total. The highest BCUT2D eigenvalue weighted by molar-refractivity contribution is 6.33. The Bertz CT molecular complexity index is 794. The van der Waals surface area contributed by atoms with Crippen LogP contribution in [0, 0.1) is 5.92 Å². The predicted octanol–water partition coefficient (Wildman–Crippen LogP) is 2.99. The summed E-state index contributed by atoms with van der Waals surface area (Å²) in [7, 11) is 1.62. The first-order valence-corrected chi connectivity index (χ1v) is 8.42. The monoisotopic (exact) mass is 358 g/mol. The number of fused-ring (bicyclic) bond motifs is 1. The lowest BCUT2D eigenvalue weighted by Gasteiger charge is -2.28. The lowest BCUT2D eigenvalue weighted by molar-refractivity contribution is -0.138. The predicted molar refractivity (Wildman–Crippen MR) is 96.8 cm³/mol. The lowest BCUT2D eigenvalue weighted by Crippen LogP contribution is -2.42. The maximum atomic E-state index is 12.6. The molecule has 1 heterocycles. The first-order chi connectivity index (χ1) is 12.0. The van der Waals surface area contributed by atoms with Crippen LogP contribution < -0.4 is 10.1 Å².